The number of hydrazone groups is 1. The Morgan fingerprint density at radius 2 is 1.70 bits per heavy atom. The number of hydrogen-bond acceptors (Lipinski definition) is 5. The van der Waals surface area contributed by atoms with Gasteiger partial charge >= 0.3 is 11.8 Å². The van der Waals surface area contributed by atoms with Crippen molar-refractivity contribution in [2.45, 2.75) is 32.7 Å². The molecule has 0 saturated heterocycles. The number of anilines is 1. The van der Waals surface area contributed by atoms with Gasteiger partial charge in [0.2, 0.25) is 0 Å². The molecule has 8 nitrogen and oxygen atoms in total. The summed E-state index contributed by atoms with van der Waals surface area (Å²) in [6.07, 6.45) is 3.23. The maximum Gasteiger partial charge on any atom is 0.329 e. The van der Waals surface area contributed by atoms with Crippen LogP contribution in [0.2, 0.25) is 0 Å². The second-order valence-corrected chi connectivity index (χ2v) is 7.12. The van der Waals surface area contributed by atoms with E-state index in [1.165, 1.54) is 6.21 Å². The van der Waals surface area contributed by atoms with Gasteiger partial charge in [0.15, 0.2) is 6.61 Å². The Hall–Kier alpha value is -3.68. The second-order valence-electron chi connectivity index (χ2n) is 7.12. The first kappa shape index (κ1) is 21.0. The fraction of sp³-hybridized carbons (Fsp3) is 0.273. The van der Waals surface area contributed by atoms with E-state index in [1.54, 1.807) is 24.3 Å². The predicted octanol–water partition coefficient (Wildman–Crippen LogP) is 2.05. The number of hydrogen-bond donors (Lipinski definition) is 3. The molecule has 1 fully saturated rings. The topological polar surface area (TPSA) is 109 Å². The van der Waals surface area contributed by atoms with Crippen LogP contribution in [0, 0.1) is 13.8 Å². The lowest BCUT2D eigenvalue weighted by molar-refractivity contribution is -0.139. The lowest BCUT2D eigenvalue weighted by Gasteiger charge is -2.12. The molecular weight excluding hydrogens is 384 g/mol. The highest BCUT2D eigenvalue weighted by Crippen LogP contribution is 2.19. The quantitative estimate of drug-likeness (QED) is 0.370. The molecule has 8 heteroatoms. The van der Waals surface area contributed by atoms with Gasteiger partial charge < -0.3 is 15.4 Å². The molecule has 0 aromatic heterocycles. The van der Waals surface area contributed by atoms with Crippen LogP contribution in [0.1, 0.15) is 29.5 Å². The highest BCUT2D eigenvalue weighted by Gasteiger charge is 2.26. The maximum atomic E-state index is 12.2. The van der Waals surface area contributed by atoms with Gasteiger partial charge in [-0.05, 0) is 67.6 Å². The Labute approximate surface area is 174 Å². The number of ether oxygens (including phenoxy) is 1. The van der Waals surface area contributed by atoms with Crippen molar-refractivity contribution in [2.75, 3.05) is 11.9 Å². The van der Waals surface area contributed by atoms with Crippen LogP contribution >= 0.6 is 0 Å². The summed E-state index contributed by atoms with van der Waals surface area (Å²) in [5.41, 5.74) is 5.66. The normalized spacial score (nSPS) is 13.0. The van der Waals surface area contributed by atoms with Gasteiger partial charge in [0.25, 0.3) is 5.91 Å². The number of nitrogens with zero attached hydrogens (tertiary/aromatic N) is 1. The van der Waals surface area contributed by atoms with Crippen molar-refractivity contribution >= 4 is 29.6 Å². The molecule has 0 atom stereocenters. The Kier molecular flexibility index (Phi) is 6.79. The number of carbonyl (C=O) groups is 3. The van der Waals surface area contributed by atoms with Crippen LogP contribution in [-0.4, -0.2) is 36.6 Å². The number of rotatable bonds is 7. The zero-order chi connectivity index (χ0) is 21.5. The predicted molar refractivity (Wildman–Crippen MR) is 113 cm³/mol. The van der Waals surface area contributed by atoms with Crippen molar-refractivity contribution in [1.82, 2.24) is 10.7 Å². The van der Waals surface area contributed by atoms with Crippen molar-refractivity contribution in [3.63, 3.8) is 0 Å². The number of benzene rings is 2. The van der Waals surface area contributed by atoms with Gasteiger partial charge in [-0.3, -0.25) is 14.4 Å². The van der Waals surface area contributed by atoms with Crippen LogP contribution in [0.15, 0.2) is 47.6 Å². The minimum absolute atomic E-state index is 0.114. The molecule has 3 amide bonds. The van der Waals surface area contributed by atoms with Gasteiger partial charge in [0.1, 0.15) is 5.75 Å². The summed E-state index contributed by atoms with van der Waals surface area (Å²) in [5, 5.41) is 9.21. The average Bonchev–Trinajstić information content (AvgIpc) is 3.54. The molecule has 1 aliphatic carbocycles. The molecule has 1 aliphatic rings. The first-order valence-corrected chi connectivity index (χ1v) is 9.65. The Morgan fingerprint density at radius 1 is 1.03 bits per heavy atom. The van der Waals surface area contributed by atoms with E-state index in [1.807, 2.05) is 32.0 Å². The molecule has 2 aromatic rings. The van der Waals surface area contributed by atoms with Crippen molar-refractivity contribution in [3.05, 3.63) is 59.2 Å². The molecule has 2 aromatic carbocycles. The van der Waals surface area contributed by atoms with E-state index in [-0.39, 0.29) is 18.6 Å². The molecule has 3 N–H and O–H groups in total. The molecular formula is C22H24N4O4. The number of para-hydroxylation sites is 1. The van der Waals surface area contributed by atoms with E-state index in [2.05, 4.69) is 21.2 Å². The lowest BCUT2D eigenvalue weighted by atomic mass is 10.1. The Bertz CT molecular complexity index is 945. The van der Waals surface area contributed by atoms with Crippen LogP contribution in [0.3, 0.4) is 0 Å². The van der Waals surface area contributed by atoms with E-state index in [0.29, 0.717) is 11.3 Å². The summed E-state index contributed by atoms with van der Waals surface area (Å²) >= 11 is 0. The molecule has 3 rings (SSSR count). The zero-order valence-electron chi connectivity index (χ0n) is 16.9. The van der Waals surface area contributed by atoms with E-state index in [9.17, 15) is 14.4 Å². The SMILES string of the molecule is Cc1cccc(C)c1NC(=O)COc1ccc(/C=N\NC(=O)C(=O)NC2CC2)cc1. The molecule has 0 radical (unpaired) electrons. The summed E-state index contributed by atoms with van der Waals surface area (Å²) < 4.78 is 5.51. The van der Waals surface area contributed by atoms with Crippen molar-refractivity contribution < 1.29 is 19.1 Å². The van der Waals surface area contributed by atoms with Crippen LogP contribution in [0.25, 0.3) is 0 Å². The number of nitrogens with one attached hydrogen (secondary N) is 3. The first-order chi connectivity index (χ1) is 14.4. The fourth-order valence-corrected chi connectivity index (χ4v) is 2.68. The number of aryl methyl sites for hydroxylation is 2. The van der Waals surface area contributed by atoms with Gasteiger partial charge in [-0.25, -0.2) is 5.43 Å². The first-order valence-electron chi connectivity index (χ1n) is 9.65. The molecule has 30 heavy (non-hydrogen) atoms. The molecule has 0 unspecified atom stereocenters. The van der Waals surface area contributed by atoms with Crippen LogP contribution < -0.4 is 20.8 Å². The van der Waals surface area contributed by atoms with Gasteiger partial charge in [-0.1, -0.05) is 18.2 Å². The number of amides is 3. The van der Waals surface area contributed by atoms with Gasteiger partial charge in [0, 0.05) is 11.7 Å². The van der Waals surface area contributed by atoms with E-state index in [0.717, 1.165) is 29.7 Å². The standard InChI is InChI=1S/C22H24N4O4/c1-14-4-3-5-15(2)20(14)25-19(27)13-30-18-10-6-16(7-11-18)12-23-26-22(29)21(28)24-17-8-9-17/h3-7,10-12,17H,8-9,13H2,1-2H3,(H,24,28)(H,25,27)(H,26,29)/b23-12-. The highest BCUT2D eigenvalue weighted by atomic mass is 16.5. The van der Waals surface area contributed by atoms with Crippen molar-refractivity contribution in [1.29, 1.82) is 0 Å². The van der Waals surface area contributed by atoms with Crippen LogP contribution in [0.5, 0.6) is 5.75 Å². The van der Waals surface area contributed by atoms with Gasteiger partial charge in [-0.2, -0.15) is 5.10 Å². The van der Waals surface area contributed by atoms with Crippen molar-refractivity contribution in [2.24, 2.45) is 5.10 Å². The minimum Gasteiger partial charge on any atom is -0.484 e. The maximum absolute atomic E-state index is 12.2. The summed E-state index contributed by atoms with van der Waals surface area (Å²) in [7, 11) is 0. The zero-order valence-corrected chi connectivity index (χ0v) is 16.9. The van der Waals surface area contributed by atoms with E-state index in [4.69, 9.17) is 4.74 Å². The van der Waals surface area contributed by atoms with E-state index >= 15 is 0 Å². The Balaban J connectivity index is 1.44. The smallest absolute Gasteiger partial charge is 0.329 e. The fourth-order valence-electron chi connectivity index (χ4n) is 2.68. The lowest BCUT2D eigenvalue weighted by Crippen LogP contribution is -2.38. The summed E-state index contributed by atoms with van der Waals surface area (Å²) in [5.74, 6) is -1.20. The monoisotopic (exact) mass is 408 g/mol. The summed E-state index contributed by atoms with van der Waals surface area (Å²) in [6.45, 7) is 3.75. The average molecular weight is 408 g/mol. The van der Waals surface area contributed by atoms with Crippen LogP contribution in [-0.2, 0) is 14.4 Å². The number of carbonyl (C=O) groups excluding carboxylic acids is 3. The molecule has 156 valence electrons. The third-order valence-electron chi connectivity index (χ3n) is 4.49. The molecule has 0 aliphatic heterocycles. The van der Waals surface area contributed by atoms with Gasteiger partial charge in [0.05, 0.1) is 6.21 Å². The van der Waals surface area contributed by atoms with Gasteiger partial charge in [-0.15, -0.1) is 0 Å². The molecule has 1 saturated carbocycles. The minimum atomic E-state index is -0.798. The molecule has 0 bridgehead atoms. The largest absolute Gasteiger partial charge is 0.484 e. The molecule has 0 heterocycles. The summed E-state index contributed by atoms with van der Waals surface area (Å²) in [6, 6.07) is 12.7. The second kappa shape index (κ2) is 9.69. The third kappa shape index (κ3) is 6.16. The molecule has 0 spiro atoms. The van der Waals surface area contributed by atoms with Crippen molar-refractivity contribution in [3.8, 4) is 5.75 Å². The Morgan fingerprint density at radius 3 is 2.33 bits per heavy atom. The highest BCUT2D eigenvalue weighted by molar-refractivity contribution is 6.35. The van der Waals surface area contributed by atoms with Crippen LogP contribution in [0.4, 0.5) is 5.69 Å². The third-order valence-corrected chi connectivity index (χ3v) is 4.49. The van der Waals surface area contributed by atoms with E-state index < -0.39 is 11.8 Å². The summed E-state index contributed by atoms with van der Waals surface area (Å²) in [4.78, 5) is 35.2.